The molecule has 2 aromatic carbocycles. The van der Waals surface area contributed by atoms with Crippen molar-refractivity contribution in [2.24, 2.45) is 5.92 Å². The van der Waals surface area contributed by atoms with Gasteiger partial charge in [0.15, 0.2) is 0 Å². The summed E-state index contributed by atoms with van der Waals surface area (Å²) in [6.07, 6.45) is 0.586. The smallest absolute Gasteiger partial charge is 0.242 e. The second-order valence-electron chi connectivity index (χ2n) is 7.55. The third-order valence-electron chi connectivity index (χ3n) is 4.98. The Bertz CT molecular complexity index is 1070. The quantitative estimate of drug-likeness (QED) is 0.707. The normalized spacial score (nSPS) is 14.5. The van der Waals surface area contributed by atoms with Crippen LogP contribution < -0.4 is 14.9 Å². The minimum absolute atomic E-state index is 0.0663. The van der Waals surface area contributed by atoms with Crippen molar-refractivity contribution < 1.29 is 18.0 Å². The molecule has 0 aromatic heterocycles. The molecule has 0 fully saturated rings. The van der Waals surface area contributed by atoms with Gasteiger partial charge in [-0.1, -0.05) is 25.4 Å². The summed E-state index contributed by atoms with van der Waals surface area (Å²) in [5.41, 5.74) is 2.04. The topological polar surface area (TPSA) is 95.6 Å². The molecule has 1 unspecified atom stereocenters. The van der Waals surface area contributed by atoms with Crippen molar-refractivity contribution in [2.75, 3.05) is 16.8 Å². The number of carbonyl (C=O) groups excluding carboxylic acids is 2. The van der Waals surface area contributed by atoms with E-state index in [9.17, 15) is 18.0 Å². The molecule has 0 aliphatic carbocycles. The third-order valence-corrected chi connectivity index (χ3v) is 6.67. The van der Waals surface area contributed by atoms with E-state index in [0.29, 0.717) is 23.7 Å². The van der Waals surface area contributed by atoms with Crippen LogP contribution in [-0.2, 0) is 26.0 Å². The zero-order chi connectivity index (χ0) is 22.1. The summed E-state index contributed by atoms with van der Waals surface area (Å²) >= 11 is 5.86. The molecular weight excluding hydrogens is 426 g/mol. The van der Waals surface area contributed by atoms with Gasteiger partial charge in [-0.3, -0.25) is 9.59 Å². The zero-order valence-electron chi connectivity index (χ0n) is 17.0. The van der Waals surface area contributed by atoms with Gasteiger partial charge in [0.1, 0.15) is 6.04 Å². The molecule has 0 saturated carbocycles. The fraction of sp³-hybridized carbons (Fsp3) is 0.333. The number of halogens is 1. The van der Waals surface area contributed by atoms with Crippen LogP contribution in [0.1, 0.15) is 26.3 Å². The Morgan fingerprint density at radius 3 is 2.37 bits per heavy atom. The maximum Gasteiger partial charge on any atom is 0.242 e. The molecule has 2 amide bonds. The Labute approximate surface area is 181 Å². The number of benzene rings is 2. The number of nitrogens with one attached hydrogen (secondary N) is 2. The summed E-state index contributed by atoms with van der Waals surface area (Å²) in [7, 11) is -3.94. The van der Waals surface area contributed by atoms with Crippen LogP contribution >= 0.6 is 11.6 Å². The molecule has 2 aromatic rings. The first-order valence-corrected chi connectivity index (χ1v) is 11.4. The molecule has 1 aliphatic heterocycles. The predicted molar refractivity (Wildman–Crippen MR) is 117 cm³/mol. The van der Waals surface area contributed by atoms with Gasteiger partial charge in [-0.15, -0.1) is 0 Å². The van der Waals surface area contributed by atoms with Crippen molar-refractivity contribution >= 4 is 44.8 Å². The molecule has 1 atom stereocenters. The lowest BCUT2D eigenvalue weighted by Crippen LogP contribution is -2.47. The molecule has 160 valence electrons. The highest BCUT2D eigenvalue weighted by Crippen LogP contribution is 2.30. The number of nitrogens with zero attached hydrogens (tertiary/aromatic N) is 1. The highest BCUT2D eigenvalue weighted by Gasteiger charge is 2.30. The van der Waals surface area contributed by atoms with Crippen LogP contribution in [0.3, 0.4) is 0 Å². The Morgan fingerprint density at radius 1 is 1.10 bits per heavy atom. The van der Waals surface area contributed by atoms with Crippen molar-refractivity contribution in [3.63, 3.8) is 0 Å². The first kappa shape index (κ1) is 22.3. The Kier molecular flexibility index (Phi) is 6.50. The van der Waals surface area contributed by atoms with E-state index in [1.54, 1.807) is 55.1 Å². The molecule has 0 spiro atoms. The van der Waals surface area contributed by atoms with Crippen molar-refractivity contribution in [3.8, 4) is 0 Å². The highest BCUT2D eigenvalue weighted by molar-refractivity contribution is 7.89. The van der Waals surface area contributed by atoms with E-state index in [2.05, 4.69) is 10.0 Å². The van der Waals surface area contributed by atoms with Crippen LogP contribution in [0.4, 0.5) is 11.4 Å². The molecule has 1 heterocycles. The fourth-order valence-corrected chi connectivity index (χ4v) is 4.87. The Morgan fingerprint density at radius 2 is 1.77 bits per heavy atom. The summed E-state index contributed by atoms with van der Waals surface area (Å²) in [5.74, 6) is -0.823. The van der Waals surface area contributed by atoms with Crippen LogP contribution in [0.15, 0.2) is 47.4 Å². The number of rotatable bonds is 6. The monoisotopic (exact) mass is 449 g/mol. The number of fused-ring (bicyclic) bond motifs is 1. The molecule has 7 nitrogen and oxygen atoms in total. The van der Waals surface area contributed by atoms with E-state index in [4.69, 9.17) is 11.6 Å². The van der Waals surface area contributed by atoms with Crippen LogP contribution in [0.25, 0.3) is 0 Å². The lowest BCUT2D eigenvalue weighted by atomic mass is 10.0. The minimum Gasteiger partial charge on any atom is -0.325 e. The lowest BCUT2D eigenvalue weighted by Gasteiger charge is -2.22. The maximum absolute atomic E-state index is 13.0. The van der Waals surface area contributed by atoms with Crippen LogP contribution in [0.5, 0.6) is 0 Å². The molecule has 3 rings (SSSR count). The van der Waals surface area contributed by atoms with Crippen molar-refractivity contribution in [2.45, 2.75) is 38.1 Å². The zero-order valence-corrected chi connectivity index (χ0v) is 18.5. The van der Waals surface area contributed by atoms with E-state index >= 15 is 0 Å². The van der Waals surface area contributed by atoms with E-state index in [0.717, 1.165) is 11.3 Å². The lowest BCUT2D eigenvalue weighted by molar-refractivity contribution is -0.118. The molecule has 30 heavy (non-hydrogen) atoms. The van der Waals surface area contributed by atoms with Gasteiger partial charge in [-0.2, -0.15) is 4.72 Å². The van der Waals surface area contributed by atoms with E-state index in [1.165, 1.54) is 13.0 Å². The van der Waals surface area contributed by atoms with Crippen molar-refractivity contribution in [3.05, 3.63) is 53.1 Å². The average molecular weight is 450 g/mol. The van der Waals surface area contributed by atoms with Gasteiger partial charge in [-0.25, -0.2) is 8.42 Å². The van der Waals surface area contributed by atoms with Crippen LogP contribution in [-0.4, -0.2) is 32.8 Å². The van der Waals surface area contributed by atoms with Gasteiger partial charge in [0.25, 0.3) is 0 Å². The molecule has 9 heteroatoms. The average Bonchev–Trinajstić information content (AvgIpc) is 3.11. The molecule has 0 saturated heterocycles. The predicted octanol–water partition coefficient (Wildman–Crippen LogP) is 3.19. The van der Waals surface area contributed by atoms with Gasteiger partial charge >= 0.3 is 0 Å². The van der Waals surface area contributed by atoms with Crippen LogP contribution in [0, 0.1) is 5.92 Å². The number of carbonyl (C=O) groups is 2. The summed E-state index contributed by atoms with van der Waals surface area (Å²) in [4.78, 5) is 26.1. The molecule has 0 radical (unpaired) electrons. The third kappa shape index (κ3) is 4.83. The summed E-state index contributed by atoms with van der Waals surface area (Å²) in [6, 6.07) is 10.3. The SMILES string of the molecule is CC(=O)N1CCc2cc(S(=O)(=O)NC(C(=O)Nc3ccc(Cl)cc3)C(C)C)ccc21. The second kappa shape index (κ2) is 8.75. The molecule has 1 aliphatic rings. The van der Waals surface area contributed by atoms with Crippen molar-refractivity contribution in [1.29, 1.82) is 0 Å². The summed E-state index contributed by atoms with van der Waals surface area (Å²) in [5, 5.41) is 3.25. The van der Waals surface area contributed by atoms with Crippen LogP contribution in [0.2, 0.25) is 5.02 Å². The molecule has 2 N–H and O–H groups in total. The highest BCUT2D eigenvalue weighted by atomic mass is 35.5. The standard InChI is InChI=1S/C21H24ClN3O4S/c1-13(2)20(21(27)23-17-6-4-16(22)5-7-17)24-30(28,29)18-8-9-19-15(12-18)10-11-25(19)14(3)26/h4-9,12-13,20,24H,10-11H2,1-3H3,(H,23,27). The second-order valence-corrected chi connectivity index (χ2v) is 9.70. The van der Waals surface area contributed by atoms with E-state index in [-0.39, 0.29) is 16.7 Å². The number of amides is 2. The van der Waals surface area contributed by atoms with Gasteiger partial charge < -0.3 is 10.2 Å². The first-order chi connectivity index (χ1) is 14.1. The van der Waals surface area contributed by atoms with Gasteiger partial charge in [0, 0.05) is 29.9 Å². The van der Waals surface area contributed by atoms with Gasteiger partial charge in [0.2, 0.25) is 21.8 Å². The number of sulfonamides is 1. The van der Waals surface area contributed by atoms with E-state index in [1.807, 2.05) is 0 Å². The Balaban J connectivity index is 1.80. The summed E-state index contributed by atoms with van der Waals surface area (Å²) in [6.45, 7) is 5.54. The van der Waals surface area contributed by atoms with Crippen molar-refractivity contribution in [1.82, 2.24) is 4.72 Å². The first-order valence-electron chi connectivity index (χ1n) is 9.58. The van der Waals surface area contributed by atoms with Gasteiger partial charge in [0.05, 0.1) is 4.90 Å². The minimum atomic E-state index is -3.94. The fourth-order valence-electron chi connectivity index (χ4n) is 3.35. The Hall–Kier alpha value is -2.42. The summed E-state index contributed by atoms with van der Waals surface area (Å²) < 4.78 is 28.5. The van der Waals surface area contributed by atoms with E-state index < -0.39 is 22.0 Å². The molecule has 0 bridgehead atoms. The number of hydrogen-bond donors (Lipinski definition) is 2. The number of hydrogen-bond acceptors (Lipinski definition) is 4. The van der Waals surface area contributed by atoms with Gasteiger partial charge in [-0.05, 0) is 60.4 Å². The molecular formula is C21H24ClN3O4S. The number of anilines is 2. The maximum atomic E-state index is 13.0. The largest absolute Gasteiger partial charge is 0.325 e.